The van der Waals surface area contributed by atoms with Crippen LogP contribution < -0.4 is 5.32 Å². The van der Waals surface area contributed by atoms with Gasteiger partial charge in [-0.25, -0.2) is 4.79 Å². The molecule has 2 amide bonds. The predicted octanol–water partition coefficient (Wildman–Crippen LogP) is 5.39. The Balaban J connectivity index is 1.39. The number of carbonyl (C=O) groups is 1. The highest BCUT2D eigenvalue weighted by Gasteiger charge is 2.47. The van der Waals surface area contributed by atoms with E-state index in [4.69, 9.17) is 11.6 Å². The van der Waals surface area contributed by atoms with Gasteiger partial charge in [-0.05, 0) is 62.8 Å². The fourth-order valence-electron chi connectivity index (χ4n) is 4.90. The summed E-state index contributed by atoms with van der Waals surface area (Å²) in [5.41, 5.74) is 2.08. The van der Waals surface area contributed by atoms with Crippen LogP contribution in [0.2, 0.25) is 5.02 Å². The van der Waals surface area contributed by atoms with Crippen molar-refractivity contribution in [3.8, 4) is 0 Å². The zero-order chi connectivity index (χ0) is 22.3. The van der Waals surface area contributed by atoms with E-state index in [1.54, 1.807) is 0 Å². The van der Waals surface area contributed by atoms with Crippen LogP contribution in [0.5, 0.6) is 0 Å². The van der Waals surface area contributed by atoms with Crippen molar-refractivity contribution in [3.63, 3.8) is 0 Å². The molecule has 166 valence electrons. The molecular weight excluding hydrogens is 422 g/mol. The summed E-state index contributed by atoms with van der Waals surface area (Å²) in [5, 5.41) is 13.0. The van der Waals surface area contributed by atoms with Crippen LogP contribution in [0.1, 0.15) is 67.5 Å². The summed E-state index contributed by atoms with van der Waals surface area (Å²) in [6, 6.07) is 18.1. The maximum Gasteiger partial charge on any atom is 0.318 e. The highest BCUT2D eigenvalue weighted by Crippen LogP contribution is 2.46. The van der Waals surface area contributed by atoms with Crippen molar-refractivity contribution < 1.29 is 4.79 Å². The van der Waals surface area contributed by atoms with Crippen molar-refractivity contribution in [3.05, 3.63) is 82.4 Å². The molecule has 0 unspecified atom stereocenters. The number of benzene rings is 2. The molecule has 0 spiro atoms. The van der Waals surface area contributed by atoms with Crippen LogP contribution >= 0.6 is 11.6 Å². The van der Waals surface area contributed by atoms with Crippen LogP contribution in [0, 0.1) is 6.92 Å². The Morgan fingerprint density at radius 1 is 1.12 bits per heavy atom. The second-order valence-corrected chi connectivity index (χ2v) is 9.37. The van der Waals surface area contributed by atoms with Crippen LogP contribution in [-0.2, 0) is 5.54 Å². The van der Waals surface area contributed by atoms with Crippen molar-refractivity contribution in [2.75, 3.05) is 6.54 Å². The lowest BCUT2D eigenvalue weighted by molar-refractivity contribution is 0.184. The molecule has 2 atom stereocenters. The Bertz CT molecular complexity index is 1110. The van der Waals surface area contributed by atoms with Gasteiger partial charge in [0.25, 0.3) is 0 Å². The smallest absolute Gasteiger partial charge is 0.318 e. The maximum atomic E-state index is 13.4. The van der Waals surface area contributed by atoms with Gasteiger partial charge >= 0.3 is 6.03 Å². The maximum absolute atomic E-state index is 13.4. The number of rotatable bonds is 5. The number of amides is 2. The van der Waals surface area contributed by atoms with Crippen LogP contribution in [0.4, 0.5) is 4.79 Å². The minimum atomic E-state index is -0.230. The van der Waals surface area contributed by atoms with Gasteiger partial charge < -0.3 is 14.8 Å². The Morgan fingerprint density at radius 3 is 2.53 bits per heavy atom. The molecule has 7 heteroatoms. The number of nitrogens with one attached hydrogen (secondary N) is 1. The van der Waals surface area contributed by atoms with E-state index in [-0.39, 0.29) is 23.7 Å². The van der Waals surface area contributed by atoms with Gasteiger partial charge in [0, 0.05) is 11.6 Å². The Kier molecular flexibility index (Phi) is 5.41. The number of nitrogens with zero attached hydrogens (tertiary/aromatic N) is 4. The molecule has 1 aliphatic heterocycles. The zero-order valence-corrected chi connectivity index (χ0v) is 19.2. The summed E-state index contributed by atoms with van der Waals surface area (Å²) >= 11 is 6.08. The lowest BCUT2D eigenvalue weighted by Gasteiger charge is -2.29. The summed E-state index contributed by atoms with van der Waals surface area (Å²) in [5.74, 6) is 1.69. The summed E-state index contributed by atoms with van der Waals surface area (Å²) in [6.07, 6.45) is 3.79. The molecule has 1 saturated heterocycles. The molecule has 2 aliphatic rings. The van der Waals surface area contributed by atoms with Gasteiger partial charge in [0.15, 0.2) is 5.82 Å². The first-order chi connectivity index (χ1) is 15.5. The largest absolute Gasteiger partial charge is 0.328 e. The van der Waals surface area contributed by atoms with Gasteiger partial charge in [-0.2, -0.15) is 0 Å². The monoisotopic (exact) mass is 449 g/mol. The molecule has 1 aliphatic carbocycles. The van der Waals surface area contributed by atoms with Gasteiger partial charge in [-0.1, -0.05) is 54.1 Å². The van der Waals surface area contributed by atoms with E-state index in [1.807, 2.05) is 54.3 Å². The fourth-order valence-corrected chi connectivity index (χ4v) is 5.03. The molecule has 0 bridgehead atoms. The Morgan fingerprint density at radius 2 is 1.84 bits per heavy atom. The zero-order valence-electron chi connectivity index (χ0n) is 18.5. The molecule has 1 N–H and O–H groups in total. The summed E-state index contributed by atoms with van der Waals surface area (Å²) in [4.78, 5) is 15.3. The first-order valence-corrected chi connectivity index (χ1v) is 11.7. The van der Waals surface area contributed by atoms with E-state index in [2.05, 4.69) is 39.1 Å². The van der Waals surface area contributed by atoms with Gasteiger partial charge in [-0.15, -0.1) is 10.2 Å². The molecule has 1 aromatic heterocycles. The van der Waals surface area contributed by atoms with Crippen LogP contribution in [0.25, 0.3) is 0 Å². The molecule has 3 aromatic rings. The van der Waals surface area contributed by atoms with Gasteiger partial charge in [0.1, 0.15) is 5.82 Å². The van der Waals surface area contributed by atoms with Gasteiger partial charge in [0.05, 0.1) is 17.6 Å². The quantitative estimate of drug-likeness (QED) is 0.568. The third kappa shape index (κ3) is 3.77. The number of urea groups is 1. The van der Waals surface area contributed by atoms with E-state index in [9.17, 15) is 4.79 Å². The number of halogens is 1. The van der Waals surface area contributed by atoms with E-state index in [0.29, 0.717) is 5.02 Å². The summed E-state index contributed by atoms with van der Waals surface area (Å²) in [7, 11) is 0. The predicted molar refractivity (Wildman–Crippen MR) is 125 cm³/mol. The molecule has 2 aromatic carbocycles. The van der Waals surface area contributed by atoms with E-state index in [0.717, 1.165) is 49.4 Å². The summed E-state index contributed by atoms with van der Waals surface area (Å²) in [6.45, 7) is 4.83. The van der Waals surface area contributed by atoms with Crippen LogP contribution in [0.3, 0.4) is 0 Å². The standard InChI is InChI=1S/C25H28ClN5O/c1-17(19-10-12-21(26)13-11-19)31-18(2)28-29-23(31)22-9-6-16-30(22)24(32)27-25(14-15-25)20-7-4-3-5-8-20/h3-5,7-8,10-13,17,22H,6,9,14-16H2,1-2H3,(H,27,32)/t17-,22-/m1/s1. The SMILES string of the molecule is Cc1nnc([C@H]2CCCN2C(=O)NC2(c3ccccc3)CC2)n1[C@H](C)c1ccc(Cl)cc1. The highest BCUT2D eigenvalue weighted by molar-refractivity contribution is 6.30. The summed E-state index contributed by atoms with van der Waals surface area (Å²) < 4.78 is 2.16. The van der Waals surface area contributed by atoms with E-state index < -0.39 is 0 Å². The fraction of sp³-hybridized carbons (Fsp3) is 0.400. The van der Waals surface area contributed by atoms with Crippen molar-refractivity contribution in [2.24, 2.45) is 0 Å². The second kappa shape index (κ2) is 8.24. The molecule has 6 nitrogen and oxygen atoms in total. The van der Waals surface area contributed by atoms with Gasteiger partial charge in [0.2, 0.25) is 0 Å². The van der Waals surface area contributed by atoms with Crippen molar-refractivity contribution in [2.45, 2.75) is 57.2 Å². The Labute approximate surface area is 193 Å². The lowest BCUT2D eigenvalue weighted by Crippen LogP contribution is -2.45. The number of aromatic nitrogens is 3. The number of aryl methyl sites for hydroxylation is 1. The van der Waals surface area contributed by atoms with E-state index in [1.165, 1.54) is 5.56 Å². The number of likely N-dealkylation sites (tertiary alicyclic amines) is 1. The number of carbonyl (C=O) groups excluding carboxylic acids is 1. The average Bonchev–Trinajstić information content (AvgIpc) is 3.24. The molecule has 2 heterocycles. The first-order valence-electron chi connectivity index (χ1n) is 11.3. The van der Waals surface area contributed by atoms with Crippen molar-refractivity contribution in [1.82, 2.24) is 25.0 Å². The molecule has 0 radical (unpaired) electrons. The minimum absolute atomic E-state index is 0.0137. The van der Waals surface area contributed by atoms with Crippen molar-refractivity contribution in [1.29, 1.82) is 0 Å². The third-order valence-electron chi connectivity index (χ3n) is 6.87. The molecule has 1 saturated carbocycles. The van der Waals surface area contributed by atoms with Gasteiger partial charge in [-0.3, -0.25) is 0 Å². The lowest BCUT2D eigenvalue weighted by atomic mass is 10.1. The van der Waals surface area contributed by atoms with Crippen LogP contribution in [-0.4, -0.2) is 32.2 Å². The van der Waals surface area contributed by atoms with Crippen molar-refractivity contribution >= 4 is 17.6 Å². The number of hydrogen-bond donors (Lipinski definition) is 1. The molecule has 2 fully saturated rings. The topological polar surface area (TPSA) is 63.1 Å². The molecular formula is C25H28ClN5O. The average molecular weight is 450 g/mol. The second-order valence-electron chi connectivity index (χ2n) is 8.93. The van der Waals surface area contributed by atoms with E-state index >= 15 is 0 Å². The molecule has 5 rings (SSSR count). The third-order valence-corrected chi connectivity index (χ3v) is 7.12. The first kappa shape index (κ1) is 21.0. The minimum Gasteiger partial charge on any atom is -0.328 e. The molecule has 32 heavy (non-hydrogen) atoms. The normalized spacial score (nSPS) is 20.2. The van der Waals surface area contributed by atoms with Crippen LogP contribution in [0.15, 0.2) is 54.6 Å². The highest BCUT2D eigenvalue weighted by atomic mass is 35.5. The Hall–Kier alpha value is -2.86. The number of hydrogen-bond acceptors (Lipinski definition) is 3.